The molecular weight excluding hydrogens is 76.1 g/mol. The monoisotopic (exact) mass is 85.1 g/mol. The molecule has 0 bridgehead atoms. The fraction of sp³-hybridized carbons (Fsp3) is 0.400. The third kappa shape index (κ3) is 3.41. The van der Waals surface area contributed by atoms with E-state index in [-0.39, 0.29) is 0 Å². The minimum atomic E-state index is 1.62. The maximum absolute atomic E-state index is 4.57. The Morgan fingerprint density at radius 1 is 1.50 bits per heavy atom. The molecule has 0 rings (SSSR count). The van der Waals surface area contributed by atoms with Crippen LogP contribution in [0.1, 0.15) is 6.92 Å². The van der Waals surface area contributed by atoms with E-state index < -0.39 is 0 Å². The second kappa shape index (κ2) is 4.41. The number of carbonyl (C=O) groups excluding carboxylic acids is 1. The summed E-state index contributed by atoms with van der Waals surface area (Å²) < 4.78 is 4.57. The lowest BCUT2D eigenvalue weighted by molar-refractivity contribution is -0.413. The van der Waals surface area contributed by atoms with Gasteiger partial charge in [0.2, 0.25) is 0 Å². The first-order valence-electron chi connectivity index (χ1n) is 1.89. The summed E-state index contributed by atoms with van der Waals surface area (Å²) >= 11 is 0. The van der Waals surface area contributed by atoms with Gasteiger partial charge in [-0.15, -0.1) is 0 Å². The molecule has 0 aromatic rings. The molecule has 0 aromatic carbocycles. The molecule has 6 heavy (non-hydrogen) atoms. The van der Waals surface area contributed by atoms with Gasteiger partial charge in [0.1, 0.15) is 0 Å². The molecule has 0 aliphatic heterocycles. The number of rotatable bonds is 1. The van der Waals surface area contributed by atoms with E-state index in [1.807, 2.05) is 19.1 Å². The van der Waals surface area contributed by atoms with Gasteiger partial charge >= 0.3 is 6.29 Å². The van der Waals surface area contributed by atoms with Crippen LogP contribution >= 0.6 is 0 Å². The summed E-state index contributed by atoms with van der Waals surface area (Å²) in [6, 6.07) is 0. The van der Waals surface area contributed by atoms with Gasteiger partial charge in [0.15, 0.2) is 0 Å². The van der Waals surface area contributed by atoms with Crippen molar-refractivity contribution in [2.45, 2.75) is 6.92 Å². The van der Waals surface area contributed by atoms with Gasteiger partial charge in [0.25, 0.3) is 7.11 Å². The van der Waals surface area contributed by atoms with E-state index in [4.69, 9.17) is 0 Å². The van der Waals surface area contributed by atoms with Gasteiger partial charge in [-0.2, -0.15) is 0 Å². The summed E-state index contributed by atoms with van der Waals surface area (Å²) in [4.78, 5) is 0. The van der Waals surface area contributed by atoms with Gasteiger partial charge in [0, 0.05) is 6.08 Å². The normalized spacial score (nSPS) is 11.7. The number of hydrogen-bond acceptors (Lipinski definition) is 0. The summed E-state index contributed by atoms with van der Waals surface area (Å²) in [7, 11) is 1.62. The van der Waals surface area contributed by atoms with Crippen LogP contribution in [0.3, 0.4) is 0 Å². The summed E-state index contributed by atoms with van der Waals surface area (Å²) in [6.07, 6.45) is 5.36. The number of allylic oxidation sites excluding steroid dienone is 2. The first-order chi connectivity index (χ1) is 2.91. The Morgan fingerprint density at radius 2 is 2.17 bits per heavy atom. The van der Waals surface area contributed by atoms with Crippen molar-refractivity contribution in [2.24, 2.45) is 0 Å². The molecule has 0 amide bonds. The van der Waals surface area contributed by atoms with Crippen LogP contribution in [0, 0.1) is 0 Å². The Morgan fingerprint density at radius 3 is 2.33 bits per heavy atom. The molecule has 0 fully saturated rings. The van der Waals surface area contributed by atoms with E-state index in [0.717, 1.165) is 0 Å². The van der Waals surface area contributed by atoms with Gasteiger partial charge in [-0.3, -0.25) is 4.42 Å². The Balaban J connectivity index is 3.07. The Kier molecular flexibility index (Phi) is 3.98. The van der Waals surface area contributed by atoms with Crippen LogP contribution in [0.5, 0.6) is 0 Å². The highest BCUT2D eigenvalue weighted by molar-refractivity contribution is 5.64. The predicted molar refractivity (Wildman–Crippen MR) is 26.8 cm³/mol. The van der Waals surface area contributed by atoms with Crippen LogP contribution < -0.4 is 0 Å². The van der Waals surface area contributed by atoms with Crippen molar-refractivity contribution in [3.63, 3.8) is 0 Å². The molecule has 0 N–H and O–H groups in total. The molecule has 0 saturated carbocycles. The van der Waals surface area contributed by atoms with Crippen LogP contribution in [-0.4, -0.2) is 13.4 Å². The summed E-state index contributed by atoms with van der Waals surface area (Å²) in [5.41, 5.74) is 0. The Labute approximate surface area is 38.0 Å². The van der Waals surface area contributed by atoms with E-state index in [2.05, 4.69) is 4.42 Å². The fourth-order valence-electron chi connectivity index (χ4n) is 0.157. The highest BCUT2D eigenvalue weighted by atomic mass is 16.4. The van der Waals surface area contributed by atoms with Crippen molar-refractivity contribution in [3.8, 4) is 0 Å². The lowest BCUT2D eigenvalue weighted by atomic mass is 10.6. The molecule has 0 heterocycles. The molecule has 0 unspecified atom stereocenters. The standard InChI is InChI=1S/C5H9O/c1-3-4-5-6-2/h3-5H,1-2H3/q+1/b4-3+. The van der Waals surface area contributed by atoms with Gasteiger partial charge < -0.3 is 0 Å². The van der Waals surface area contributed by atoms with Gasteiger partial charge in [0.05, 0.1) is 0 Å². The molecule has 0 saturated heterocycles. The van der Waals surface area contributed by atoms with Crippen molar-refractivity contribution in [3.05, 3.63) is 12.2 Å². The van der Waals surface area contributed by atoms with E-state index in [1.54, 1.807) is 13.4 Å². The van der Waals surface area contributed by atoms with E-state index in [0.29, 0.717) is 0 Å². The zero-order valence-corrected chi connectivity index (χ0v) is 4.14. The number of aldehydes is 1. The largest absolute Gasteiger partial charge is 0.307 e. The van der Waals surface area contributed by atoms with Crippen LogP contribution in [0.2, 0.25) is 0 Å². The van der Waals surface area contributed by atoms with Gasteiger partial charge in [-0.25, -0.2) is 0 Å². The lowest BCUT2D eigenvalue weighted by Gasteiger charge is -1.52. The van der Waals surface area contributed by atoms with Gasteiger partial charge in [-0.05, 0) is 6.92 Å². The van der Waals surface area contributed by atoms with Crippen molar-refractivity contribution in [1.82, 2.24) is 0 Å². The Bertz CT molecular complexity index is 52.3. The first-order valence-corrected chi connectivity index (χ1v) is 1.89. The van der Waals surface area contributed by atoms with Crippen LogP contribution in [-0.2, 0) is 4.42 Å². The third-order valence-corrected chi connectivity index (χ3v) is 0.407. The van der Waals surface area contributed by atoms with Gasteiger partial charge in [-0.1, -0.05) is 6.08 Å². The molecule has 0 aliphatic carbocycles. The number of hydrogen-bond donors (Lipinski definition) is 0. The highest BCUT2D eigenvalue weighted by Gasteiger charge is 1.62. The van der Waals surface area contributed by atoms with E-state index in [9.17, 15) is 0 Å². The molecule has 0 radical (unpaired) electrons. The molecule has 34 valence electrons. The van der Waals surface area contributed by atoms with Crippen molar-refractivity contribution >= 4 is 6.29 Å². The lowest BCUT2D eigenvalue weighted by Crippen LogP contribution is -1.64. The average molecular weight is 85.1 g/mol. The zero-order valence-electron chi connectivity index (χ0n) is 4.14. The third-order valence-electron chi connectivity index (χ3n) is 0.407. The second-order valence-corrected chi connectivity index (χ2v) is 0.898. The SMILES string of the molecule is C/C=C/C=[O+]C. The maximum atomic E-state index is 4.57. The van der Waals surface area contributed by atoms with Crippen LogP contribution in [0.25, 0.3) is 0 Å². The summed E-state index contributed by atoms with van der Waals surface area (Å²) in [5.74, 6) is 0. The van der Waals surface area contributed by atoms with Crippen molar-refractivity contribution in [1.29, 1.82) is 0 Å². The molecule has 1 nitrogen and oxygen atoms in total. The highest BCUT2D eigenvalue weighted by Crippen LogP contribution is 1.57. The predicted octanol–water partition coefficient (Wildman–Crippen LogP) is 0.927. The second-order valence-electron chi connectivity index (χ2n) is 0.898. The molecule has 0 aromatic heterocycles. The molecule has 0 spiro atoms. The van der Waals surface area contributed by atoms with Crippen LogP contribution in [0.4, 0.5) is 0 Å². The summed E-state index contributed by atoms with van der Waals surface area (Å²) in [6.45, 7) is 1.94. The zero-order chi connectivity index (χ0) is 4.83. The topological polar surface area (TPSA) is 11.3 Å². The fourth-order valence-corrected chi connectivity index (χ4v) is 0.157. The summed E-state index contributed by atoms with van der Waals surface area (Å²) in [5, 5.41) is 0. The molecule has 1 heteroatoms. The van der Waals surface area contributed by atoms with E-state index >= 15 is 0 Å². The Hall–Kier alpha value is -0.590. The van der Waals surface area contributed by atoms with Crippen LogP contribution in [0.15, 0.2) is 12.2 Å². The maximum Gasteiger partial charge on any atom is 0.307 e. The van der Waals surface area contributed by atoms with Crippen molar-refractivity contribution < 1.29 is 4.42 Å². The van der Waals surface area contributed by atoms with E-state index in [1.165, 1.54) is 0 Å². The molecular formula is C5H9O+. The average Bonchev–Trinajstić information content (AvgIpc) is 1.61. The minimum Gasteiger partial charge on any atom is -0.266 e. The quantitative estimate of drug-likeness (QED) is 0.255. The molecule has 0 atom stereocenters. The smallest absolute Gasteiger partial charge is 0.266 e. The van der Waals surface area contributed by atoms with Crippen molar-refractivity contribution in [2.75, 3.05) is 7.11 Å². The molecule has 0 aliphatic rings. The minimum absolute atomic E-state index is 1.62. The first kappa shape index (κ1) is 5.41.